The van der Waals surface area contributed by atoms with Crippen molar-refractivity contribution >= 4 is 16.9 Å². The molecule has 29 heavy (non-hydrogen) atoms. The highest BCUT2D eigenvalue weighted by Gasteiger charge is 2.24. The third-order valence-electron chi connectivity index (χ3n) is 4.97. The quantitative estimate of drug-likeness (QED) is 0.664. The Balaban J connectivity index is 1.71. The Bertz CT molecular complexity index is 1020. The Morgan fingerprint density at radius 2 is 1.86 bits per heavy atom. The molecule has 1 aliphatic heterocycles. The molecule has 7 nitrogen and oxygen atoms in total. The molecule has 0 bridgehead atoms. The van der Waals surface area contributed by atoms with Crippen molar-refractivity contribution < 1.29 is 24.5 Å². The predicted octanol–water partition coefficient (Wildman–Crippen LogP) is 3.05. The minimum absolute atomic E-state index is 0.0657. The van der Waals surface area contributed by atoms with E-state index in [9.17, 15) is 15.0 Å². The molecule has 0 radical (unpaired) electrons. The number of benzene rings is 2. The van der Waals surface area contributed by atoms with Crippen LogP contribution in [0.1, 0.15) is 21.6 Å². The molecule has 0 unspecified atom stereocenters. The monoisotopic (exact) mass is 394 g/mol. The van der Waals surface area contributed by atoms with Crippen LogP contribution in [0.5, 0.6) is 11.5 Å². The first-order valence-electron chi connectivity index (χ1n) is 9.48. The minimum atomic E-state index is -1.18. The van der Waals surface area contributed by atoms with Crippen LogP contribution in [-0.2, 0) is 17.9 Å². The van der Waals surface area contributed by atoms with Crippen LogP contribution in [0.15, 0.2) is 48.5 Å². The number of aromatic carboxylic acids is 1. The summed E-state index contributed by atoms with van der Waals surface area (Å²) in [5.74, 6) is -0.811. The summed E-state index contributed by atoms with van der Waals surface area (Å²) in [5.41, 5.74) is 1.48. The minimum Gasteiger partial charge on any atom is -0.507 e. The summed E-state index contributed by atoms with van der Waals surface area (Å²) in [6, 6.07) is 14.9. The fraction of sp³-hybridized carbons (Fsp3) is 0.273. The zero-order chi connectivity index (χ0) is 20.2. The Labute approximate surface area is 168 Å². The summed E-state index contributed by atoms with van der Waals surface area (Å²) < 4.78 is 11.2. The van der Waals surface area contributed by atoms with Gasteiger partial charge >= 0.3 is 5.97 Å². The lowest BCUT2D eigenvalue weighted by atomic mass is 10.1. The number of rotatable bonds is 6. The van der Waals surface area contributed by atoms with Crippen LogP contribution in [0.4, 0.5) is 0 Å². The van der Waals surface area contributed by atoms with Crippen molar-refractivity contribution in [3.63, 3.8) is 0 Å². The molecule has 1 saturated heterocycles. The highest BCUT2D eigenvalue weighted by Crippen LogP contribution is 2.35. The van der Waals surface area contributed by atoms with Crippen molar-refractivity contribution in [2.45, 2.75) is 13.2 Å². The zero-order valence-corrected chi connectivity index (χ0v) is 15.9. The van der Waals surface area contributed by atoms with Gasteiger partial charge in [0.15, 0.2) is 5.69 Å². The lowest BCUT2D eigenvalue weighted by Crippen LogP contribution is -2.36. The smallest absolute Gasteiger partial charge is 0.354 e. The molecule has 3 aromatic rings. The molecule has 1 aromatic heterocycles. The van der Waals surface area contributed by atoms with E-state index in [1.54, 1.807) is 18.2 Å². The highest BCUT2D eigenvalue weighted by atomic mass is 16.5. The maximum Gasteiger partial charge on any atom is 0.354 e. The SMILES string of the molecule is O=C(O)c1nc2c(OCc3ccccc3)cccc2c(O)c1CN1CCOCC1. The number of hydrogen-bond acceptors (Lipinski definition) is 6. The van der Waals surface area contributed by atoms with E-state index in [1.165, 1.54) is 0 Å². The molecule has 2 heterocycles. The van der Waals surface area contributed by atoms with E-state index in [0.717, 1.165) is 5.56 Å². The molecule has 0 aliphatic carbocycles. The second-order valence-corrected chi connectivity index (χ2v) is 6.91. The van der Waals surface area contributed by atoms with Crippen LogP contribution in [-0.4, -0.2) is 52.4 Å². The van der Waals surface area contributed by atoms with Gasteiger partial charge in [0.05, 0.1) is 13.2 Å². The molecule has 150 valence electrons. The summed E-state index contributed by atoms with van der Waals surface area (Å²) in [6.45, 7) is 3.14. The van der Waals surface area contributed by atoms with Gasteiger partial charge in [-0.05, 0) is 17.7 Å². The number of morpholine rings is 1. The van der Waals surface area contributed by atoms with Crippen molar-refractivity contribution in [3.05, 3.63) is 65.4 Å². The van der Waals surface area contributed by atoms with Crippen LogP contribution in [0, 0.1) is 0 Å². The molecule has 2 aromatic carbocycles. The van der Waals surface area contributed by atoms with Crippen LogP contribution >= 0.6 is 0 Å². The largest absolute Gasteiger partial charge is 0.507 e. The second-order valence-electron chi connectivity index (χ2n) is 6.91. The molecule has 7 heteroatoms. The number of carboxylic acids is 1. The molecule has 4 rings (SSSR count). The maximum absolute atomic E-state index is 11.9. The standard InChI is InChI=1S/C22H22N2O5/c25-21-16-7-4-8-18(29-14-15-5-2-1-3-6-15)19(16)23-20(22(26)27)17(21)13-24-9-11-28-12-10-24/h1-8H,9-14H2,(H,23,25)(H,26,27). The second kappa shape index (κ2) is 8.46. The van der Waals surface area contributed by atoms with E-state index in [-0.39, 0.29) is 11.4 Å². The fourth-order valence-corrected chi connectivity index (χ4v) is 3.44. The van der Waals surface area contributed by atoms with Gasteiger partial charge in [0.1, 0.15) is 23.6 Å². The zero-order valence-electron chi connectivity index (χ0n) is 15.9. The number of hydrogen-bond donors (Lipinski definition) is 2. The number of fused-ring (bicyclic) bond motifs is 1. The average molecular weight is 394 g/mol. The Hall–Kier alpha value is -3.16. The van der Waals surface area contributed by atoms with Gasteiger partial charge in [-0.2, -0.15) is 0 Å². The number of ether oxygens (including phenoxy) is 2. The normalized spacial score (nSPS) is 14.8. The summed E-state index contributed by atoms with van der Waals surface area (Å²) in [6.07, 6.45) is 0. The summed E-state index contributed by atoms with van der Waals surface area (Å²) in [4.78, 5) is 18.3. The van der Waals surface area contributed by atoms with Crippen LogP contribution in [0.2, 0.25) is 0 Å². The molecule has 0 saturated carbocycles. The van der Waals surface area contributed by atoms with Gasteiger partial charge in [0.2, 0.25) is 0 Å². The first-order valence-corrected chi connectivity index (χ1v) is 9.48. The Morgan fingerprint density at radius 1 is 1.10 bits per heavy atom. The van der Waals surface area contributed by atoms with Crippen molar-refractivity contribution in [2.24, 2.45) is 0 Å². The van der Waals surface area contributed by atoms with Crippen LogP contribution < -0.4 is 4.74 Å². The number of aromatic hydroxyl groups is 1. The van der Waals surface area contributed by atoms with E-state index in [4.69, 9.17) is 9.47 Å². The molecule has 0 amide bonds. The van der Waals surface area contributed by atoms with Gasteiger partial charge in [-0.15, -0.1) is 0 Å². The van der Waals surface area contributed by atoms with Crippen molar-refractivity contribution in [3.8, 4) is 11.5 Å². The number of para-hydroxylation sites is 1. The number of carbonyl (C=O) groups is 1. The maximum atomic E-state index is 11.9. The van der Waals surface area contributed by atoms with Crippen LogP contribution in [0.25, 0.3) is 10.9 Å². The van der Waals surface area contributed by atoms with Gasteiger partial charge in [-0.3, -0.25) is 4.90 Å². The van der Waals surface area contributed by atoms with Gasteiger partial charge in [0.25, 0.3) is 0 Å². The average Bonchev–Trinajstić information content (AvgIpc) is 2.75. The van der Waals surface area contributed by atoms with E-state index < -0.39 is 5.97 Å². The summed E-state index contributed by atoms with van der Waals surface area (Å²) in [5, 5.41) is 21.1. The Morgan fingerprint density at radius 3 is 2.59 bits per heavy atom. The lowest BCUT2D eigenvalue weighted by molar-refractivity contribution is 0.0335. The topological polar surface area (TPSA) is 92.1 Å². The van der Waals surface area contributed by atoms with E-state index in [2.05, 4.69) is 4.98 Å². The fourth-order valence-electron chi connectivity index (χ4n) is 3.44. The number of pyridine rings is 1. The molecule has 2 N–H and O–H groups in total. The number of aromatic nitrogens is 1. The number of nitrogens with zero attached hydrogens (tertiary/aromatic N) is 2. The molecule has 1 fully saturated rings. The van der Waals surface area contributed by atoms with Crippen molar-refractivity contribution in [2.75, 3.05) is 26.3 Å². The van der Waals surface area contributed by atoms with Gasteiger partial charge in [-0.1, -0.05) is 36.4 Å². The van der Waals surface area contributed by atoms with Crippen molar-refractivity contribution in [1.82, 2.24) is 9.88 Å². The van der Waals surface area contributed by atoms with E-state index in [0.29, 0.717) is 61.7 Å². The van der Waals surface area contributed by atoms with E-state index >= 15 is 0 Å². The molecular formula is C22H22N2O5. The molecule has 1 aliphatic rings. The summed E-state index contributed by atoms with van der Waals surface area (Å²) >= 11 is 0. The number of carboxylic acid groups (broad SMARTS) is 1. The Kier molecular flexibility index (Phi) is 5.59. The van der Waals surface area contributed by atoms with Crippen molar-refractivity contribution in [1.29, 1.82) is 0 Å². The molecular weight excluding hydrogens is 372 g/mol. The predicted molar refractivity (Wildman–Crippen MR) is 107 cm³/mol. The molecule has 0 spiro atoms. The van der Waals surface area contributed by atoms with Gasteiger partial charge in [0, 0.05) is 30.6 Å². The first kappa shape index (κ1) is 19.2. The van der Waals surface area contributed by atoms with Gasteiger partial charge < -0.3 is 19.7 Å². The lowest BCUT2D eigenvalue weighted by Gasteiger charge is -2.27. The highest BCUT2D eigenvalue weighted by molar-refractivity contribution is 5.97. The third-order valence-corrected chi connectivity index (χ3v) is 4.97. The molecule has 0 atom stereocenters. The van der Waals surface area contributed by atoms with Crippen LogP contribution in [0.3, 0.4) is 0 Å². The van der Waals surface area contributed by atoms with E-state index in [1.807, 2.05) is 35.2 Å². The first-order chi connectivity index (χ1) is 14.1. The third kappa shape index (κ3) is 4.16. The van der Waals surface area contributed by atoms with Gasteiger partial charge in [-0.25, -0.2) is 9.78 Å². The summed E-state index contributed by atoms with van der Waals surface area (Å²) in [7, 11) is 0.